The molecule has 0 aromatic carbocycles. The summed E-state index contributed by atoms with van der Waals surface area (Å²) in [5, 5.41) is 0. The molecule has 0 atom stereocenters. The third-order valence-electron chi connectivity index (χ3n) is 0.186. The number of hydrogen-bond acceptors (Lipinski definition) is 4. The van der Waals surface area contributed by atoms with Crippen LogP contribution in [0.3, 0.4) is 0 Å². The van der Waals surface area contributed by atoms with Gasteiger partial charge in [0.2, 0.25) is 0 Å². The fourth-order valence-corrected chi connectivity index (χ4v) is 0.250. The Bertz CT molecular complexity index is 148. The molecule has 7 heteroatoms. The average molecular weight is 164 g/mol. The summed E-state index contributed by atoms with van der Waals surface area (Å²) in [5.74, 6) is 0. The van der Waals surface area contributed by atoms with Crippen molar-refractivity contribution in [1.29, 1.82) is 0 Å². The molecule has 0 aliphatic rings. The summed E-state index contributed by atoms with van der Waals surface area (Å²) in [4.78, 5) is 0. The van der Waals surface area contributed by atoms with E-state index < -0.39 is 10.4 Å². The second-order valence-corrected chi connectivity index (χ2v) is 1.68. The van der Waals surface area contributed by atoms with Gasteiger partial charge in [-0.25, -0.2) is 8.42 Å². The van der Waals surface area contributed by atoms with Gasteiger partial charge in [0.25, 0.3) is 10.4 Å². The molecule has 2 N–H and O–H groups in total. The third-order valence-corrected chi connectivity index (χ3v) is 0.558. The van der Waals surface area contributed by atoms with Crippen LogP contribution in [0, 0.1) is 0 Å². The van der Waals surface area contributed by atoms with E-state index in [0.29, 0.717) is 6.26 Å². The van der Waals surface area contributed by atoms with E-state index in [2.05, 4.69) is 10.8 Å². The van der Waals surface area contributed by atoms with Crippen molar-refractivity contribution in [2.24, 2.45) is 0 Å². The van der Waals surface area contributed by atoms with Crippen LogP contribution in [0.4, 0.5) is 0 Å². The molecule has 0 rings (SSSR count). The van der Waals surface area contributed by atoms with Gasteiger partial charge in [-0.15, -0.1) is 0 Å². The first-order valence-corrected chi connectivity index (χ1v) is 2.64. The zero-order chi connectivity index (χ0) is 5.91. The maximum absolute atomic E-state index is 9.38. The number of rotatable bonds is 2. The van der Waals surface area contributed by atoms with Crippen molar-refractivity contribution in [3.05, 3.63) is 12.8 Å². The molecule has 0 heterocycles. The molecule has 0 fully saturated rings. The topological polar surface area (TPSA) is 97.9 Å². The summed E-state index contributed by atoms with van der Waals surface area (Å²) >= 11 is 0. The van der Waals surface area contributed by atoms with E-state index in [9.17, 15) is 13.0 Å². The molecule has 9 heavy (non-hydrogen) atoms. The van der Waals surface area contributed by atoms with E-state index in [1.165, 1.54) is 0 Å². The molecule has 0 saturated heterocycles. The van der Waals surface area contributed by atoms with Gasteiger partial charge < -0.3 is 14.2 Å². The molecule has 0 aromatic rings. The van der Waals surface area contributed by atoms with Gasteiger partial charge in [0.05, 0.1) is 6.26 Å². The van der Waals surface area contributed by atoms with Gasteiger partial charge in [-0.3, -0.25) is 0 Å². The van der Waals surface area contributed by atoms with Gasteiger partial charge in [-0.2, -0.15) is 0 Å². The van der Waals surface area contributed by atoms with Gasteiger partial charge >= 0.3 is 29.6 Å². The van der Waals surface area contributed by atoms with Crippen LogP contribution in [0.5, 0.6) is 0 Å². The first-order chi connectivity index (χ1) is 3.06. The predicted molar refractivity (Wildman–Crippen MR) is 24.6 cm³/mol. The molecule has 0 bridgehead atoms. The van der Waals surface area contributed by atoms with Crippen LogP contribution in [0.25, 0.3) is 0 Å². The van der Waals surface area contributed by atoms with Gasteiger partial charge in [-0.1, -0.05) is 6.58 Å². The van der Waals surface area contributed by atoms with E-state index in [1.54, 1.807) is 0 Å². The van der Waals surface area contributed by atoms with Crippen LogP contribution in [-0.2, 0) is 14.6 Å². The van der Waals surface area contributed by atoms with Crippen molar-refractivity contribution in [3.8, 4) is 0 Å². The third kappa shape index (κ3) is 17.8. The normalized spacial score (nSPS) is 8.11. The van der Waals surface area contributed by atoms with Crippen molar-refractivity contribution in [2.75, 3.05) is 0 Å². The standard InChI is InChI=1S/C2H4O4S.Na.H2O/c1-2-6-7(3,4)5;;/h2H,1H2,(H,3,4,5);;1H2/q;+1;/p-1. The molecule has 0 spiro atoms. The smallest absolute Gasteiger partial charge is 0.716 e. The van der Waals surface area contributed by atoms with Crippen LogP contribution in [0.15, 0.2) is 12.8 Å². The average Bonchev–Trinajstić information content (AvgIpc) is 1.30. The van der Waals surface area contributed by atoms with Gasteiger partial charge in [0, 0.05) is 0 Å². The van der Waals surface area contributed by atoms with E-state index in [-0.39, 0.29) is 35.0 Å². The second kappa shape index (κ2) is 6.53. The van der Waals surface area contributed by atoms with Crippen molar-refractivity contribution in [1.82, 2.24) is 0 Å². The van der Waals surface area contributed by atoms with Crippen molar-refractivity contribution >= 4 is 10.4 Å². The van der Waals surface area contributed by atoms with Crippen LogP contribution in [0.2, 0.25) is 0 Å². The van der Waals surface area contributed by atoms with Crippen LogP contribution in [0.1, 0.15) is 0 Å². The Kier molecular flexibility index (Phi) is 11.8. The Labute approximate surface area is 75.3 Å². The van der Waals surface area contributed by atoms with Crippen LogP contribution in [-0.4, -0.2) is 18.4 Å². The summed E-state index contributed by atoms with van der Waals surface area (Å²) < 4.78 is 31.6. The SMILES string of the molecule is C=COS(=O)(=O)[O-].O.[Na+]. The van der Waals surface area contributed by atoms with E-state index in [1.807, 2.05) is 0 Å². The zero-order valence-electron chi connectivity index (χ0n) is 4.83. The zero-order valence-corrected chi connectivity index (χ0v) is 7.64. The quantitative estimate of drug-likeness (QED) is 0.179. The maximum atomic E-state index is 9.38. The molecule has 0 amide bonds. The minimum absolute atomic E-state index is 0. The summed E-state index contributed by atoms with van der Waals surface area (Å²) in [6, 6.07) is 0. The Hall–Kier alpha value is 0.410. The Morgan fingerprint density at radius 2 is 1.89 bits per heavy atom. The molecule has 0 aromatic heterocycles. The first-order valence-electron chi connectivity index (χ1n) is 1.31. The first kappa shape index (κ1) is 16.2. The van der Waals surface area contributed by atoms with Crippen molar-refractivity contribution < 1.29 is 52.2 Å². The fraction of sp³-hybridized carbons (Fsp3) is 0. The summed E-state index contributed by atoms with van der Waals surface area (Å²) in [7, 11) is -4.54. The Morgan fingerprint density at radius 3 is 1.89 bits per heavy atom. The molecule has 0 radical (unpaired) electrons. The van der Waals surface area contributed by atoms with E-state index >= 15 is 0 Å². The fourth-order valence-electron chi connectivity index (χ4n) is 0.0833. The van der Waals surface area contributed by atoms with Gasteiger partial charge in [0.1, 0.15) is 0 Å². The van der Waals surface area contributed by atoms with Gasteiger partial charge in [0.15, 0.2) is 0 Å². The summed E-state index contributed by atoms with van der Waals surface area (Å²) in [5.41, 5.74) is 0. The van der Waals surface area contributed by atoms with Crippen molar-refractivity contribution in [3.63, 3.8) is 0 Å². The molecule has 0 saturated carbocycles. The Morgan fingerprint density at radius 1 is 1.56 bits per heavy atom. The largest absolute Gasteiger partial charge is 1.00 e. The molecule has 0 aliphatic heterocycles. The number of hydrogen-bond donors (Lipinski definition) is 0. The maximum Gasteiger partial charge on any atom is 1.00 e. The molecular formula is C2H5NaO5S. The summed E-state index contributed by atoms with van der Waals surface area (Å²) in [6.07, 6.45) is 0.558. The monoisotopic (exact) mass is 164 g/mol. The molecule has 0 unspecified atom stereocenters. The molecule has 5 nitrogen and oxygen atoms in total. The molecule has 0 aliphatic carbocycles. The van der Waals surface area contributed by atoms with Crippen LogP contribution < -0.4 is 29.6 Å². The predicted octanol–water partition coefficient (Wildman–Crippen LogP) is -4.21. The summed E-state index contributed by atoms with van der Waals surface area (Å²) in [6.45, 7) is 2.84. The van der Waals surface area contributed by atoms with E-state index in [4.69, 9.17) is 0 Å². The van der Waals surface area contributed by atoms with Gasteiger partial charge in [-0.05, 0) is 0 Å². The minimum atomic E-state index is -4.54. The van der Waals surface area contributed by atoms with Crippen LogP contribution >= 0.6 is 0 Å². The second-order valence-electron chi connectivity index (χ2n) is 0.671. The Balaban J connectivity index is -0.000000180. The molecular weight excluding hydrogens is 159 g/mol. The molecule has 50 valence electrons. The van der Waals surface area contributed by atoms with E-state index in [0.717, 1.165) is 0 Å². The van der Waals surface area contributed by atoms with Crippen molar-refractivity contribution in [2.45, 2.75) is 0 Å². The minimum Gasteiger partial charge on any atom is -0.716 e.